The molecule has 0 amide bonds. The number of benzene rings is 1. The van der Waals surface area contributed by atoms with Gasteiger partial charge < -0.3 is 19.7 Å². The first kappa shape index (κ1) is 26.4. The molecule has 0 bridgehead atoms. The molecule has 2 fully saturated rings. The van der Waals surface area contributed by atoms with Crippen LogP contribution < -0.4 is 15.8 Å². The highest BCUT2D eigenvalue weighted by Crippen LogP contribution is 2.48. The van der Waals surface area contributed by atoms with Crippen molar-refractivity contribution < 1.29 is 18.7 Å². The lowest BCUT2D eigenvalue weighted by molar-refractivity contribution is 0.00640. The normalized spacial score (nSPS) is 21.4. The van der Waals surface area contributed by atoms with Crippen LogP contribution in [-0.4, -0.2) is 52.4 Å². The van der Waals surface area contributed by atoms with Gasteiger partial charge in [0.1, 0.15) is 16.6 Å². The van der Waals surface area contributed by atoms with Gasteiger partial charge >= 0.3 is 5.97 Å². The SMILES string of the molecule is COC1[C@H]2CN(c3nc4c(C(C)Nc5ccc(Cl)nc5C(=O)OC(C)(C)C)cc(F)cc4c(=O)n3C)C[C@@H]12. The molecule has 9 nitrogen and oxygen atoms in total. The van der Waals surface area contributed by atoms with Gasteiger partial charge in [0.25, 0.3) is 5.56 Å². The Morgan fingerprint density at radius 3 is 2.53 bits per heavy atom. The molecule has 2 aromatic heterocycles. The molecule has 1 N–H and O–H groups in total. The second-order valence-electron chi connectivity index (χ2n) is 11.0. The van der Waals surface area contributed by atoms with Crippen LogP contribution in [0.1, 0.15) is 49.8 Å². The van der Waals surface area contributed by atoms with Gasteiger partial charge in [-0.05, 0) is 52.0 Å². The fraction of sp³-hybridized carbons (Fsp3) is 0.481. The molecule has 3 heterocycles. The number of fused-ring (bicyclic) bond motifs is 2. The van der Waals surface area contributed by atoms with E-state index in [9.17, 15) is 14.0 Å². The number of anilines is 2. The van der Waals surface area contributed by atoms with Gasteiger partial charge in [-0.1, -0.05) is 11.6 Å². The Bertz CT molecular complexity index is 1480. The lowest BCUT2D eigenvalue weighted by atomic mass is 10.0. The van der Waals surface area contributed by atoms with E-state index in [-0.39, 0.29) is 27.9 Å². The van der Waals surface area contributed by atoms with Gasteiger partial charge in [-0.15, -0.1) is 0 Å². The molecule has 1 saturated heterocycles. The summed E-state index contributed by atoms with van der Waals surface area (Å²) < 4.78 is 27.2. The monoisotopic (exact) mass is 543 g/mol. The summed E-state index contributed by atoms with van der Waals surface area (Å²) in [4.78, 5) is 37.3. The van der Waals surface area contributed by atoms with Crippen LogP contribution in [0.4, 0.5) is 16.0 Å². The van der Waals surface area contributed by atoms with E-state index in [2.05, 4.69) is 15.2 Å². The van der Waals surface area contributed by atoms with Gasteiger partial charge in [0.15, 0.2) is 5.69 Å². The highest BCUT2D eigenvalue weighted by Gasteiger charge is 2.57. The zero-order valence-corrected chi connectivity index (χ0v) is 23.0. The predicted octanol–water partition coefficient (Wildman–Crippen LogP) is 4.33. The number of pyridine rings is 1. The van der Waals surface area contributed by atoms with Crippen LogP contribution in [0.3, 0.4) is 0 Å². The lowest BCUT2D eigenvalue weighted by Crippen LogP contribution is -2.33. The van der Waals surface area contributed by atoms with E-state index in [4.69, 9.17) is 26.1 Å². The summed E-state index contributed by atoms with van der Waals surface area (Å²) in [5, 5.41) is 3.54. The van der Waals surface area contributed by atoms with E-state index in [1.165, 1.54) is 16.7 Å². The first-order valence-electron chi connectivity index (χ1n) is 12.5. The number of esters is 1. The summed E-state index contributed by atoms with van der Waals surface area (Å²) in [6.07, 6.45) is 0.254. The Labute approximate surface area is 224 Å². The standard InChI is InChI=1S/C27H31ClFN5O4/c1-13(30-19-7-8-20(28)31-22(19)25(36)38-27(2,3)4)15-9-14(29)10-16-21(15)32-26(33(5)24(16)35)34-11-17-18(12-34)23(17)37-6/h7-10,13,17-18,23,30H,11-12H2,1-6H3/t13?,17-,18+,23?. The molecule has 1 aliphatic carbocycles. The highest BCUT2D eigenvalue weighted by molar-refractivity contribution is 6.29. The van der Waals surface area contributed by atoms with Gasteiger partial charge in [-0.2, -0.15) is 0 Å². The molecule has 38 heavy (non-hydrogen) atoms. The van der Waals surface area contributed by atoms with Gasteiger partial charge in [0.05, 0.1) is 28.7 Å². The number of piperidine rings is 1. The van der Waals surface area contributed by atoms with Gasteiger partial charge in [-0.3, -0.25) is 9.36 Å². The predicted molar refractivity (Wildman–Crippen MR) is 143 cm³/mol. The summed E-state index contributed by atoms with van der Waals surface area (Å²) in [5.74, 6) is 0.177. The molecule has 5 rings (SSSR count). The highest BCUT2D eigenvalue weighted by atomic mass is 35.5. The average molecular weight is 544 g/mol. The van der Waals surface area contributed by atoms with Crippen molar-refractivity contribution in [3.8, 4) is 0 Å². The fourth-order valence-corrected chi connectivity index (χ4v) is 5.44. The number of carbonyl (C=O) groups excluding carboxylic acids is 1. The Hall–Kier alpha value is -3.24. The maximum Gasteiger partial charge on any atom is 0.359 e. The lowest BCUT2D eigenvalue weighted by Gasteiger charge is -2.25. The van der Waals surface area contributed by atoms with Crippen molar-refractivity contribution in [2.75, 3.05) is 30.4 Å². The topological polar surface area (TPSA) is 98.6 Å². The number of nitrogens with zero attached hydrogens (tertiary/aromatic N) is 4. The second kappa shape index (κ2) is 9.50. The molecule has 0 radical (unpaired) electrons. The largest absolute Gasteiger partial charge is 0.455 e. The van der Waals surface area contributed by atoms with Crippen LogP contribution in [0.25, 0.3) is 10.9 Å². The maximum atomic E-state index is 14.8. The van der Waals surface area contributed by atoms with Crippen LogP contribution in [0.5, 0.6) is 0 Å². The van der Waals surface area contributed by atoms with Crippen molar-refractivity contribution in [2.24, 2.45) is 18.9 Å². The van der Waals surface area contributed by atoms with Crippen molar-refractivity contribution in [1.82, 2.24) is 14.5 Å². The van der Waals surface area contributed by atoms with Gasteiger partial charge in [0, 0.05) is 44.6 Å². The summed E-state index contributed by atoms with van der Waals surface area (Å²) in [5.41, 5.74) is 0.181. The number of hydrogen-bond donors (Lipinski definition) is 1. The van der Waals surface area contributed by atoms with Gasteiger partial charge in [-0.25, -0.2) is 19.2 Å². The smallest absolute Gasteiger partial charge is 0.359 e. The van der Waals surface area contributed by atoms with E-state index >= 15 is 0 Å². The van der Waals surface area contributed by atoms with E-state index in [1.807, 2.05) is 0 Å². The van der Waals surface area contributed by atoms with Crippen LogP contribution in [-0.2, 0) is 16.5 Å². The zero-order chi connectivity index (χ0) is 27.5. The number of carbonyl (C=O) groups is 1. The van der Waals surface area contributed by atoms with Crippen LogP contribution in [0.15, 0.2) is 29.1 Å². The van der Waals surface area contributed by atoms with Crippen molar-refractivity contribution in [1.29, 1.82) is 0 Å². The molecule has 2 unspecified atom stereocenters. The van der Waals surface area contributed by atoms with Crippen molar-refractivity contribution >= 4 is 40.1 Å². The van der Waals surface area contributed by atoms with Crippen LogP contribution in [0.2, 0.25) is 5.15 Å². The first-order chi connectivity index (χ1) is 17.9. The molecular formula is C27H31ClFN5O4. The number of ether oxygens (including phenoxy) is 2. The number of rotatable bonds is 6. The minimum atomic E-state index is -0.734. The Morgan fingerprint density at radius 2 is 1.89 bits per heavy atom. The van der Waals surface area contributed by atoms with E-state index in [0.29, 0.717) is 34.6 Å². The van der Waals surface area contributed by atoms with Crippen molar-refractivity contribution in [3.63, 3.8) is 0 Å². The molecule has 3 aromatic rings. The number of aromatic nitrogens is 3. The van der Waals surface area contributed by atoms with Crippen LogP contribution >= 0.6 is 11.6 Å². The number of methoxy groups -OCH3 is 1. The molecule has 11 heteroatoms. The third-order valence-electron chi connectivity index (χ3n) is 7.11. The molecule has 4 atom stereocenters. The quantitative estimate of drug-likeness (QED) is 0.362. The summed E-state index contributed by atoms with van der Waals surface area (Å²) >= 11 is 6.07. The first-order valence-corrected chi connectivity index (χ1v) is 12.9. The van der Waals surface area contributed by atoms with Crippen molar-refractivity contribution in [2.45, 2.75) is 45.4 Å². The molecule has 202 valence electrons. The van der Waals surface area contributed by atoms with E-state index in [0.717, 1.165) is 13.1 Å². The summed E-state index contributed by atoms with van der Waals surface area (Å²) in [6.45, 7) is 8.56. The number of nitrogens with one attached hydrogen (secondary N) is 1. The van der Waals surface area contributed by atoms with E-state index in [1.54, 1.807) is 54.0 Å². The summed E-state index contributed by atoms with van der Waals surface area (Å²) in [6, 6.07) is 5.19. The minimum Gasteiger partial charge on any atom is -0.455 e. The minimum absolute atomic E-state index is 0.00790. The third kappa shape index (κ3) is 4.82. The Morgan fingerprint density at radius 1 is 1.21 bits per heavy atom. The summed E-state index contributed by atoms with van der Waals surface area (Å²) in [7, 11) is 3.37. The van der Waals surface area contributed by atoms with E-state index < -0.39 is 23.4 Å². The third-order valence-corrected chi connectivity index (χ3v) is 7.32. The molecule has 2 aliphatic rings. The number of hydrogen-bond acceptors (Lipinski definition) is 8. The Balaban J connectivity index is 1.52. The second-order valence-corrected chi connectivity index (χ2v) is 11.4. The molecule has 1 aliphatic heterocycles. The maximum absolute atomic E-state index is 14.8. The molecule has 1 aromatic carbocycles. The fourth-order valence-electron chi connectivity index (χ4n) is 5.30. The van der Waals surface area contributed by atoms with Crippen molar-refractivity contribution in [3.05, 3.63) is 56.8 Å². The number of halogens is 2. The Kier molecular flexibility index (Phi) is 6.59. The molecule has 1 saturated carbocycles. The average Bonchev–Trinajstić information content (AvgIpc) is 3.31. The molecule has 0 spiro atoms. The molecular weight excluding hydrogens is 513 g/mol. The zero-order valence-electron chi connectivity index (χ0n) is 22.2. The van der Waals surface area contributed by atoms with Gasteiger partial charge in [0.2, 0.25) is 5.95 Å². The van der Waals surface area contributed by atoms with Crippen LogP contribution in [0, 0.1) is 17.7 Å².